The van der Waals surface area contributed by atoms with Crippen molar-refractivity contribution >= 4 is 5.78 Å². The molecule has 1 unspecified atom stereocenters. The van der Waals surface area contributed by atoms with E-state index >= 15 is 0 Å². The molecule has 1 saturated carbocycles. The van der Waals surface area contributed by atoms with Gasteiger partial charge in [-0.1, -0.05) is 45.0 Å². The Morgan fingerprint density at radius 1 is 1.28 bits per heavy atom. The van der Waals surface area contributed by atoms with Crippen LogP contribution in [0.5, 0.6) is 0 Å². The average molecular weight is 241 g/mol. The molecule has 0 amide bonds. The number of hydrogen-bond acceptors (Lipinski definition) is 2. The van der Waals surface area contributed by atoms with E-state index in [1.807, 2.05) is 24.3 Å². The molecule has 0 heterocycles. The molecule has 1 aromatic carbocycles. The summed E-state index contributed by atoms with van der Waals surface area (Å²) in [5.41, 5.74) is 2.16. The molecule has 0 aromatic heterocycles. The van der Waals surface area contributed by atoms with Crippen LogP contribution in [0.2, 0.25) is 0 Å². The molecule has 1 aliphatic carbocycles. The summed E-state index contributed by atoms with van der Waals surface area (Å²) in [7, 11) is 0. The second kappa shape index (κ2) is 4.57. The Labute approximate surface area is 109 Å². The van der Waals surface area contributed by atoms with Gasteiger partial charge < -0.3 is 0 Å². The highest BCUT2D eigenvalue weighted by molar-refractivity contribution is 5.92. The molecule has 1 fully saturated rings. The van der Waals surface area contributed by atoms with Crippen molar-refractivity contribution in [2.75, 3.05) is 0 Å². The highest BCUT2D eigenvalue weighted by Crippen LogP contribution is 2.35. The quantitative estimate of drug-likeness (QED) is 0.811. The van der Waals surface area contributed by atoms with Gasteiger partial charge in [0.25, 0.3) is 0 Å². The van der Waals surface area contributed by atoms with Crippen LogP contribution in [-0.2, 0) is 10.2 Å². The lowest BCUT2D eigenvalue weighted by molar-refractivity contribution is -0.120. The molecule has 1 atom stereocenters. The van der Waals surface area contributed by atoms with E-state index in [0.29, 0.717) is 0 Å². The second-order valence-electron chi connectivity index (χ2n) is 6.11. The van der Waals surface area contributed by atoms with Gasteiger partial charge in [0, 0.05) is 5.92 Å². The van der Waals surface area contributed by atoms with Crippen LogP contribution in [0.15, 0.2) is 24.3 Å². The number of ketones is 1. The van der Waals surface area contributed by atoms with Crippen LogP contribution < -0.4 is 0 Å². The molecule has 0 aliphatic heterocycles. The van der Waals surface area contributed by atoms with Crippen LogP contribution >= 0.6 is 0 Å². The molecule has 0 spiro atoms. The van der Waals surface area contributed by atoms with Crippen molar-refractivity contribution < 1.29 is 4.79 Å². The zero-order valence-corrected chi connectivity index (χ0v) is 11.2. The normalized spacial score (nSPS) is 17.0. The summed E-state index contributed by atoms with van der Waals surface area (Å²) in [6.45, 7) is 6.46. The van der Waals surface area contributed by atoms with Crippen LogP contribution in [0.4, 0.5) is 0 Å². The lowest BCUT2D eigenvalue weighted by Gasteiger charge is -2.19. The summed E-state index contributed by atoms with van der Waals surface area (Å²) in [5, 5.41) is 9.18. The predicted molar refractivity (Wildman–Crippen MR) is 71.2 cm³/mol. The van der Waals surface area contributed by atoms with Crippen LogP contribution in [0.1, 0.15) is 50.7 Å². The standard InChI is InChI=1S/C16H19NO/c1-16(2,3)13-8-6-11(7-9-13)14(10-17)15(18)12-4-5-12/h6-9,12,14H,4-5H2,1-3H3. The fraction of sp³-hybridized carbons (Fsp3) is 0.500. The van der Waals surface area contributed by atoms with Crippen molar-refractivity contribution in [1.29, 1.82) is 5.26 Å². The largest absolute Gasteiger partial charge is 0.298 e. The maximum atomic E-state index is 12.0. The fourth-order valence-corrected chi connectivity index (χ4v) is 2.08. The first-order valence-electron chi connectivity index (χ1n) is 6.47. The van der Waals surface area contributed by atoms with E-state index in [-0.39, 0.29) is 17.1 Å². The monoisotopic (exact) mass is 241 g/mol. The van der Waals surface area contributed by atoms with Gasteiger partial charge in [-0.3, -0.25) is 4.79 Å². The third-order valence-electron chi connectivity index (χ3n) is 3.50. The summed E-state index contributed by atoms with van der Waals surface area (Å²) < 4.78 is 0. The molecule has 94 valence electrons. The zero-order valence-electron chi connectivity index (χ0n) is 11.2. The minimum atomic E-state index is -0.577. The molecule has 0 radical (unpaired) electrons. The van der Waals surface area contributed by atoms with E-state index in [4.69, 9.17) is 0 Å². The van der Waals surface area contributed by atoms with Gasteiger partial charge in [-0.05, 0) is 29.4 Å². The molecule has 18 heavy (non-hydrogen) atoms. The molecule has 0 N–H and O–H groups in total. The van der Waals surface area contributed by atoms with Gasteiger partial charge in [-0.2, -0.15) is 5.26 Å². The molecule has 2 nitrogen and oxygen atoms in total. The van der Waals surface area contributed by atoms with E-state index in [1.165, 1.54) is 5.56 Å². The van der Waals surface area contributed by atoms with Crippen molar-refractivity contribution in [3.63, 3.8) is 0 Å². The molecule has 2 rings (SSSR count). The van der Waals surface area contributed by atoms with Gasteiger partial charge in [-0.15, -0.1) is 0 Å². The minimum Gasteiger partial charge on any atom is -0.298 e. The highest BCUT2D eigenvalue weighted by Gasteiger charge is 2.35. The molecular formula is C16H19NO. The van der Waals surface area contributed by atoms with Gasteiger partial charge in [-0.25, -0.2) is 0 Å². The van der Waals surface area contributed by atoms with Crippen molar-refractivity contribution in [3.8, 4) is 6.07 Å². The topological polar surface area (TPSA) is 40.9 Å². The van der Waals surface area contributed by atoms with Gasteiger partial charge in [0.05, 0.1) is 6.07 Å². The van der Waals surface area contributed by atoms with E-state index < -0.39 is 5.92 Å². The van der Waals surface area contributed by atoms with Crippen molar-refractivity contribution in [2.45, 2.75) is 44.9 Å². The van der Waals surface area contributed by atoms with Crippen molar-refractivity contribution in [2.24, 2.45) is 5.92 Å². The molecular weight excluding hydrogens is 222 g/mol. The van der Waals surface area contributed by atoms with Crippen LogP contribution in [0.25, 0.3) is 0 Å². The third kappa shape index (κ3) is 2.61. The van der Waals surface area contributed by atoms with Crippen LogP contribution in [0, 0.1) is 17.2 Å². The molecule has 2 heteroatoms. The Morgan fingerprint density at radius 2 is 1.83 bits per heavy atom. The number of hydrogen-bond donors (Lipinski definition) is 0. The van der Waals surface area contributed by atoms with E-state index in [9.17, 15) is 10.1 Å². The fourth-order valence-electron chi connectivity index (χ4n) is 2.08. The zero-order chi connectivity index (χ0) is 13.3. The van der Waals surface area contributed by atoms with Gasteiger partial charge in [0.15, 0.2) is 5.78 Å². The predicted octanol–water partition coefficient (Wildman–Crippen LogP) is 3.57. The Kier molecular flexibility index (Phi) is 3.26. The maximum absolute atomic E-state index is 12.0. The van der Waals surface area contributed by atoms with Crippen LogP contribution in [0.3, 0.4) is 0 Å². The number of carbonyl (C=O) groups excluding carboxylic acids is 1. The lowest BCUT2D eigenvalue weighted by atomic mass is 9.85. The van der Waals surface area contributed by atoms with Crippen molar-refractivity contribution in [1.82, 2.24) is 0 Å². The Hall–Kier alpha value is -1.62. The number of nitriles is 1. The molecule has 0 saturated heterocycles. The van der Waals surface area contributed by atoms with E-state index in [1.54, 1.807) is 0 Å². The Bertz CT molecular complexity index is 483. The summed E-state index contributed by atoms with van der Waals surface area (Å²) in [4.78, 5) is 12.0. The number of Topliss-reactive ketones (excluding diaryl/α,β-unsaturated/α-hetero) is 1. The third-order valence-corrected chi connectivity index (χ3v) is 3.50. The molecule has 1 aromatic rings. The van der Waals surface area contributed by atoms with Gasteiger partial charge >= 0.3 is 0 Å². The number of rotatable bonds is 3. The van der Waals surface area contributed by atoms with Gasteiger partial charge in [0.1, 0.15) is 5.92 Å². The number of carbonyl (C=O) groups is 1. The Morgan fingerprint density at radius 3 is 2.22 bits per heavy atom. The first-order valence-corrected chi connectivity index (χ1v) is 6.47. The first kappa shape index (κ1) is 12.8. The average Bonchev–Trinajstić information content (AvgIpc) is 3.13. The summed E-state index contributed by atoms with van der Waals surface area (Å²) in [6.07, 6.45) is 1.91. The number of benzene rings is 1. The summed E-state index contributed by atoms with van der Waals surface area (Å²) in [6, 6.07) is 10.1. The van der Waals surface area contributed by atoms with Gasteiger partial charge in [0.2, 0.25) is 0 Å². The molecule has 1 aliphatic rings. The van der Waals surface area contributed by atoms with Crippen molar-refractivity contribution in [3.05, 3.63) is 35.4 Å². The maximum Gasteiger partial charge on any atom is 0.157 e. The molecule has 0 bridgehead atoms. The Balaban J connectivity index is 2.22. The summed E-state index contributed by atoms with van der Waals surface area (Å²) in [5.74, 6) is -0.343. The lowest BCUT2D eigenvalue weighted by Crippen LogP contribution is -2.14. The smallest absolute Gasteiger partial charge is 0.157 e. The number of nitrogens with zero attached hydrogens (tertiary/aromatic N) is 1. The first-order chi connectivity index (χ1) is 8.43. The highest BCUT2D eigenvalue weighted by atomic mass is 16.1. The van der Waals surface area contributed by atoms with E-state index in [0.717, 1.165) is 18.4 Å². The minimum absolute atomic E-state index is 0.0982. The summed E-state index contributed by atoms with van der Waals surface area (Å²) >= 11 is 0. The van der Waals surface area contributed by atoms with Crippen LogP contribution in [-0.4, -0.2) is 5.78 Å². The second-order valence-corrected chi connectivity index (χ2v) is 6.11. The SMILES string of the molecule is CC(C)(C)c1ccc(C(C#N)C(=O)C2CC2)cc1. The van der Waals surface area contributed by atoms with E-state index in [2.05, 4.69) is 26.8 Å².